The zero-order chi connectivity index (χ0) is 12.1. The van der Waals surface area contributed by atoms with Crippen LogP contribution in [0.2, 0.25) is 0 Å². The van der Waals surface area contributed by atoms with E-state index in [4.69, 9.17) is 0 Å². The quantitative estimate of drug-likeness (QED) is 0.791. The maximum atomic E-state index is 3.48. The monoisotopic (exact) mass is 357 g/mol. The van der Waals surface area contributed by atoms with Gasteiger partial charge >= 0.3 is 0 Å². The average Bonchev–Trinajstić information content (AvgIpc) is 2.80. The van der Waals surface area contributed by atoms with Gasteiger partial charge in [-0.1, -0.05) is 19.1 Å². The van der Waals surface area contributed by atoms with E-state index in [1.807, 2.05) is 11.3 Å². The van der Waals surface area contributed by atoms with Gasteiger partial charge in [0.1, 0.15) is 0 Å². The molecule has 0 aliphatic carbocycles. The van der Waals surface area contributed by atoms with Gasteiger partial charge in [0, 0.05) is 26.4 Å². The molecule has 0 saturated heterocycles. The lowest BCUT2D eigenvalue weighted by Crippen LogP contribution is -2.11. The Morgan fingerprint density at radius 2 is 1.71 bits per heavy atom. The molecule has 2 aromatic rings. The van der Waals surface area contributed by atoms with Gasteiger partial charge in [-0.25, -0.2) is 0 Å². The van der Waals surface area contributed by atoms with Gasteiger partial charge in [0.25, 0.3) is 0 Å². The number of thiophene rings is 1. The molecule has 1 aromatic carbocycles. The molecule has 1 N–H and O–H groups in total. The van der Waals surface area contributed by atoms with Crippen LogP contribution in [-0.2, 0) is 19.5 Å². The molecule has 0 aliphatic heterocycles. The van der Waals surface area contributed by atoms with Gasteiger partial charge < -0.3 is 5.32 Å². The number of rotatable bonds is 5. The summed E-state index contributed by atoms with van der Waals surface area (Å²) in [5.74, 6) is 0. The number of aryl methyl sites for hydroxylation is 1. The number of nitrogens with one attached hydrogen (secondary N) is 1. The van der Waals surface area contributed by atoms with Gasteiger partial charge in [-0.15, -0.1) is 11.3 Å². The number of halogens is 1. The summed E-state index contributed by atoms with van der Waals surface area (Å²) in [6.45, 7) is 4.11. The topological polar surface area (TPSA) is 12.0 Å². The summed E-state index contributed by atoms with van der Waals surface area (Å²) in [5, 5.41) is 3.48. The molecule has 0 bridgehead atoms. The Hall–Kier alpha value is -0.390. The molecular formula is C14H16INS. The van der Waals surface area contributed by atoms with Crippen LogP contribution in [0, 0.1) is 3.57 Å². The summed E-state index contributed by atoms with van der Waals surface area (Å²) in [6, 6.07) is 13.1. The van der Waals surface area contributed by atoms with E-state index >= 15 is 0 Å². The molecule has 17 heavy (non-hydrogen) atoms. The maximum Gasteiger partial charge on any atom is 0.0303 e. The van der Waals surface area contributed by atoms with Crippen molar-refractivity contribution in [3.05, 3.63) is 55.3 Å². The first-order valence-corrected chi connectivity index (χ1v) is 7.70. The summed E-state index contributed by atoms with van der Waals surface area (Å²) in [6.07, 6.45) is 1.14. The largest absolute Gasteiger partial charge is 0.308 e. The van der Waals surface area contributed by atoms with E-state index in [1.54, 1.807) is 0 Å². The highest BCUT2D eigenvalue weighted by Gasteiger charge is 1.98. The molecule has 0 aliphatic rings. The van der Waals surface area contributed by atoms with E-state index in [-0.39, 0.29) is 0 Å². The van der Waals surface area contributed by atoms with E-state index in [0.29, 0.717) is 0 Å². The molecule has 1 aromatic heterocycles. The second-order valence-electron chi connectivity index (χ2n) is 3.95. The van der Waals surface area contributed by atoms with Crippen molar-refractivity contribution < 1.29 is 0 Å². The van der Waals surface area contributed by atoms with Crippen LogP contribution >= 0.6 is 33.9 Å². The Morgan fingerprint density at radius 3 is 2.35 bits per heavy atom. The minimum absolute atomic E-state index is 0.941. The number of hydrogen-bond donors (Lipinski definition) is 1. The SMILES string of the molecule is CCc1ccc(CNCc2ccc(I)cc2)s1. The van der Waals surface area contributed by atoms with Crippen molar-refractivity contribution in [3.63, 3.8) is 0 Å². The third-order valence-corrected chi connectivity index (χ3v) is 4.56. The van der Waals surface area contributed by atoms with Crippen LogP contribution in [0.25, 0.3) is 0 Å². The van der Waals surface area contributed by atoms with E-state index in [0.717, 1.165) is 19.5 Å². The van der Waals surface area contributed by atoms with Crippen LogP contribution in [0.15, 0.2) is 36.4 Å². The second kappa shape index (κ2) is 6.52. The van der Waals surface area contributed by atoms with E-state index in [1.165, 1.54) is 18.9 Å². The molecule has 3 heteroatoms. The van der Waals surface area contributed by atoms with Crippen LogP contribution in [0.5, 0.6) is 0 Å². The lowest BCUT2D eigenvalue weighted by molar-refractivity contribution is 0.701. The summed E-state index contributed by atoms with van der Waals surface area (Å²) < 4.78 is 1.29. The zero-order valence-corrected chi connectivity index (χ0v) is 12.8. The first kappa shape index (κ1) is 13.1. The minimum atomic E-state index is 0.941. The Balaban J connectivity index is 1.81. The van der Waals surface area contributed by atoms with E-state index in [9.17, 15) is 0 Å². The standard InChI is InChI=1S/C14H16INS/c1-2-13-7-8-14(17-13)10-16-9-11-3-5-12(15)6-4-11/h3-8,16H,2,9-10H2,1H3. The summed E-state index contributed by atoms with van der Waals surface area (Å²) in [5.41, 5.74) is 1.35. The van der Waals surface area contributed by atoms with E-state index < -0.39 is 0 Å². The summed E-state index contributed by atoms with van der Waals surface area (Å²) in [4.78, 5) is 2.89. The molecule has 0 fully saturated rings. The van der Waals surface area contributed by atoms with Crippen molar-refractivity contribution in [2.75, 3.05) is 0 Å². The normalized spacial score (nSPS) is 10.7. The highest BCUT2D eigenvalue weighted by atomic mass is 127. The Labute approximate surface area is 120 Å². The minimum Gasteiger partial charge on any atom is -0.308 e. The highest BCUT2D eigenvalue weighted by molar-refractivity contribution is 14.1. The molecule has 2 rings (SSSR count). The van der Waals surface area contributed by atoms with Crippen molar-refractivity contribution in [2.24, 2.45) is 0 Å². The number of hydrogen-bond acceptors (Lipinski definition) is 2. The lowest BCUT2D eigenvalue weighted by Gasteiger charge is -2.03. The predicted molar refractivity (Wildman–Crippen MR) is 83.4 cm³/mol. The third-order valence-electron chi connectivity index (χ3n) is 2.61. The summed E-state index contributed by atoms with van der Waals surface area (Å²) in [7, 11) is 0. The van der Waals surface area contributed by atoms with Crippen LogP contribution in [0.3, 0.4) is 0 Å². The molecule has 90 valence electrons. The van der Waals surface area contributed by atoms with Gasteiger partial charge in [0.15, 0.2) is 0 Å². The van der Waals surface area contributed by atoms with E-state index in [2.05, 4.69) is 71.2 Å². The van der Waals surface area contributed by atoms with Gasteiger partial charge in [-0.2, -0.15) is 0 Å². The van der Waals surface area contributed by atoms with Crippen LogP contribution in [0.1, 0.15) is 22.2 Å². The molecule has 0 unspecified atom stereocenters. The van der Waals surface area contributed by atoms with Gasteiger partial charge in [0.2, 0.25) is 0 Å². The fourth-order valence-corrected chi connectivity index (χ4v) is 2.93. The van der Waals surface area contributed by atoms with Gasteiger partial charge in [-0.05, 0) is 58.8 Å². The Morgan fingerprint density at radius 1 is 1.00 bits per heavy atom. The van der Waals surface area contributed by atoms with Crippen molar-refractivity contribution in [3.8, 4) is 0 Å². The molecular weight excluding hydrogens is 341 g/mol. The lowest BCUT2D eigenvalue weighted by atomic mass is 10.2. The van der Waals surface area contributed by atoms with Crippen molar-refractivity contribution >= 4 is 33.9 Å². The van der Waals surface area contributed by atoms with Crippen molar-refractivity contribution in [1.82, 2.24) is 5.32 Å². The van der Waals surface area contributed by atoms with Crippen LogP contribution in [0.4, 0.5) is 0 Å². The molecule has 0 radical (unpaired) electrons. The van der Waals surface area contributed by atoms with Crippen molar-refractivity contribution in [1.29, 1.82) is 0 Å². The smallest absolute Gasteiger partial charge is 0.0303 e. The maximum absolute atomic E-state index is 3.48. The molecule has 0 amide bonds. The van der Waals surface area contributed by atoms with Crippen LogP contribution in [-0.4, -0.2) is 0 Å². The zero-order valence-electron chi connectivity index (χ0n) is 9.87. The molecule has 1 heterocycles. The van der Waals surface area contributed by atoms with Crippen LogP contribution < -0.4 is 5.32 Å². The Kier molecular flexibility index (Phi) is 5.00. The highest BCUT2D eigenvalue weighted by Crippen LogP contribution is 2.16. The number of benzene rings is 1. The first-order valence-electron chi connectivity index (χ1n) is 5.80. The summed E-state index contributed by atoms with van der Waals surface area (Å²) >= 11 is 4.24. The third kappa shape index (κ3) is 4.08. The fraction of sp³-hybridized carbons (Fsp3) is 0.286. The average molecular weight is 357 g/mol. The molecule has 0 atom stereocenters. The molecule has 0 saturated carbocycles. The van der Waals surface area contributed by atoms with Gasteiger partial charge in [0.05, 0.1) is 0 Å². The first-order chi connectivity index (χ1) is 8.28. The van der Waals surface area contributed by atoms with Gasteiger partial charge in [-0.3, -0.25) is 0 Å². The predicted octanol–water partition coefficient (Wildman–Crippen LogP) is 4.20. The second-order valence-corrected chi connectivity index (χ2v) is 6.45. The van der Waals surface area contributed by atoms with Crippen molar-refractivity contribution in [2.45, 2.75) is 26.4 Å². The molecule has 0 spiro atoms. The fourth-order valence-electron chi connectivity index (χ4n) is 1.64. The molecule has 1 nitrogen and oxygen atoms in total. The Bertz CT molecular complexity index is 461.